The summed E-state index contributed by atoms with van der Waals surface area (Å²) in [4.78, 5) is 12.1. The third kappa shape index (κ3) is 3.69. The Kier molecular flexibility index (Phi) is 5.15. The van der Waals surface area contributed by atoms with E-state index in [0.29, 0.717) is 24.5 Å². The molecule has 2 rings (SSSR count). The molecule has 122 valence electrons. The first-order valence-electron chi connectivity index (χ1n) is 8.08. The standard InChI is InChI=1S/C16H30N2O3/c1-10(2)8-20-9-11(3)17-15(19)18-13-12-6-7-21-14(12)16(13,4)5/h10-14H,6-9H2,1-5H3,(H2,17,18,19)/t11-,12+,13+,14+/m0/s1. The Morgan fingerprint density at radius 1 is 1.33 bits per heavy atom. The number of fused-ring (bicyclic) bond motifs is 1. The molecule has 1 saturated heterocycles. The summed E-state index contributed by atoms with van der Waals surface area (Å²) in [5.74, 6) is 0.986. The maximum absolute atomic E-state index is 12.1. The highest BCUT2D eigenvalue weighted by Gasteiger charge is 2.59. The van der Waals surface area contributed by atoms with E-state index >= 15 is 0 Å². The first-order chi connectivity index (χ1) is 9.82. The number of carbonyl (C=O) groups is 1. The van der Waals surface area contributed by atoms with E-state index in [9.17, 15) is 4.79 Å². The van der Waals surface area contributed by atoms with E-state index < -0.39 is 0 Å². The average Bonchev–Trinajstić information content (AvgIpc) is 2.82. The van der Waals surface area contributed by atoms with Gasteiger partial charge in [-0.1, -0.05) is 27.7 Å². The van der Waals surface area contributed by atoms with Crippen LogP contribution in [-0.4, -0.2) is 44.0 Å². The second-order valence-electron chi connectivity index (χ2n) is 7.49. The van der Waals surface area contributed by atoms with Gasteiger partial charge in [0.05, 0.1) is 18.8 Å². The monoisotopic (exact) mass is 298 g/mol. The molecule has 4 atom stereocenters. The Morgan fingerprint density at radius 2 is 2.05 bits per heavy atom. The van der Waals surface area contributed by atoms with Crippen LogP contribution in [0.2, 0.25) is 0 Å². The molecule has 0 radical (unpaired) electrons. The van der Waals surface area contributed by atoms with E-state index in [1.807, 2.05) is 6.92 Å². The Bertz CT molecular complexity index is 371. The highest BCUT2D eigenvalue weighted by molar-refractivity contribution is 5.75. The Hall–Kier alpha value is -0.810. The molecule has 0 aromatic carbocycles. The third-order valence-corrected chi connectivity index (χ3v) is 4.58. The Balaban J connectivity index is 1.72. The molecule has 0 spiro atoms. The molecule has 1 aliphatic heterocycles. The minimum Gasteiger partial charge on any atom is -0.379 e. The highest BCUT2D eigenvalue weighted by atomic mass is 16.5. The molecule has 2 aliphatic rings. The molecule has 2 N–H and O–H groups in total. The van der Waals surface area contributed by atoms with Gasteiger partial charge in [-0.15, -0.1) is 0 Å². The maximum Gasteiger partial charge on any atom is 0.315 e. The van der Waals surface area contributed by atoms with Gasteiger partial charge in [-0.3, -0.25) is 0 Å². The van der Waals surface area contributed by atoms with Crippen molar-refractivity contribution in [3.8, 4) is 0 Å². The summed E-state index contributed by atoms with van der Waals surface area (Å²) in [5.41, 5.74) is 0.0237. The zero-order valence-corrected chi connectivity index (χ0v) is 13.9. The zero-order valence-electron chi connectivity index (χ0n) is 13.9. The van der Waals surface area contributed by atoms with Gasteiger partial charge in [0, 0.05) is 30.6 Å². The second kappa shape index (κ2) is 6.53. The molecule has 1 aliphatic carbocycles. The molecule has 0 bridgehead atoms. The van der Waals surface area contributed by atoms with E-state index in [4.69, 9.17) is 9.47 Å². The molecule has 5 heteroatoms. The lowest BCUT2D eigenvalue weighted by atomic mass is 9.57. The molecule has 5 nitrogen and oxygen atoms in total. The fourth-order valence-electron chi connectivity index (χ4n) is 3.55. The van der Waals surface area contributed by atoms with Crippen LogP contribution >= 0.6 is 0 Å². The summed E-state index contributed by atoms with van der Waals surface area (Å²) in [6.45, 7) is 12.6. The minimum absolute atomic E-state index is 0.0163. The summed E-state index contributed by atoms with van der Waals surface area (Å²) in [7, 11) is 0. The van der Waals surface area contributed by atoms with Crippen LogP contribution in [0.15, 0.2) is 0 Å². The van der Waals surface area contributed by atoms with Crippen molar-refractivity contribution in [2.24, 2.45) is 17.3 Å². The summed E-state index contributed by atoms with van der Waals surface area (Å²) in [6.07, 6.45) is 1.35. The maximum atomic E-state index is 12.1. The van der Waals surface area contributed by atoms with E-state index in [2.05, 4.69) is 38.3 Å². The first-order valence-corrected chi connectivity index (χ1v) is 8.08. The van der Waals surface area contributed by atoms with Gasteiger partial charge in [-0.05, 0) is 19.3 Å². The smallest absolute Gasteiger partial charge is 0.315 e. The summed E-state index contributed by atoms with van der Waals surface area (Å²) in [6, 6.07) is 0.121. The minimum atomic E-state index is -0.0981. The van der Waals surface area contributed by atoms with Crippen molar-refractivity contribution in [3.05, 3.63) is 0 Å². The van der Waals surface area contributed by atoms with Crippen LogP contribution in [0.5, 0.6) is 0 Å². The van der Waals surface area contributed by atoms with E-state index in [1.165, 1.54) is 0 Å². The number of ether oxygens (including phenoxy) is 2. The number of rotatable bonds is 6. The molecule has 2 fully saturated rings. The van der Waals surface area contributed by atoms with Gasteiger partial charge in [0.1, 0.15) is 0 Å². The van der Waals surface area contributed by atoms with Crippen molar-refractivity contribution < 1.29 is 14.3 Å². The number of hydrogen-bond acceptors (Lipinski definition) is 3. The molecule has 0 aromatic rings. The fraction of sp³-hybridized carbons (Fsp3) is 0.938. The lowest BCUT2D eigenvalue weighted by Gasteiger charge is -2.54. The average molecular weight is 298 g/mol. The topological polar surface area (TPSA) is 59.6 Å². The largest absolute Gasteiger partial charge is 0.379 e. The Morgan fingerprint density at radius 3 is 2.71 bits per heavy atom. The SMILES string of the molecule is CC(C)COC[C@H](C)NC(=O)N[C@@H]1[C@H]2CCO[C@H]2C1(C)C. The van der Waals surface area contributed by atoms with Gasteiger partial charge in [-0.25, -0.2) is 4.79 Å². The van der Waals surface area contributed by atoms with Crippen LogP contribution in [0.4, 0.5) is 4.79 Å². The van der Waals surface area contributed by atoms with Gasteiger partial charge in [0.15, 0.2) is 0 Å². The quantitative estimate of drug-likeness (QED) is 0.790. The lowest BCUT2D eigenvalue weighted by molar-refractivity contribution is -0.108. The highest BCUT2D eigenvalue weighted by Crippen LogP contribution is 2.51. The lowest BCUT2D eigenvalue weighted by Crippen LogP contribution is -2.68. The summed E-state index contributed by atoms with van der Waals surface area (Å²) in [5, 5.41) is 6.08. The number of hydrogen-bond donors (Lipinski definition) is 2. The van der Waals surface area contributed by atoms with Crippen LogP contribution < -0.4 is 10.6 Å². The molecule has 0 aromatic heterocycles. The number of amides is 2. The first kappa shape index (κ1) is 16.6. The van der Waals surface area contributed by atoms with E-state index in [0.717, 1.165) is 19.6 Å². The third-order valence-electron chi connectivity index (χ3n) is 4.58. The number of carbonyl (C=O) groups excluding carboxylic acids is 1. The van der Waals surface area contributed by atoms with Gasteiger partial charge in [0.25, 0.3) is 0 Å². The van der Waals surface area contributed by atoms with Crippen molar-refractivity contribution in [2.45, 2.75) is 59.2 Å². The molecule has 0 unspecified atom stereocenters. The van der Waals surface area contributed by atoms with Crippen LogP contribution in [0.1, 0.15) is 41.0 Å². The van der Waals surface area contributed by atoms with Crippen molar-refractivity contribution in [2.75, 3.05) is 19.8 Å². The van der Waals surface area contributed by atoms with Crippen molar-refractivity contribution in [1.29, 1.82) is 0 Å². The molecular formula is C16H30N2O3. The van der Waals surface area contributed by atoms with Crippen LogP contribution in [-0.2, 0) is 9.47 Å². The van der Waals surface area contributed by atoms with Crippen molar-refractivity contribution in [3.63, 3.8) is 0 Å². The number of urea groups is 1. The van der Waals surface area contributed by atoms with Crippen molar-refractivity contribution >= 4 is 6.03 Å². The van der Waals surface area contributed by atoms with Gasteiger partial charge >= 0.3 is 6.03 Å². The Labute approximate surface area is 128 Å². The van der Waals surface area contributed by atoms with Gasteiger partial charge in [0.2, 0.25) is 0 Å². The summed E-state index contributed by atoms with van der Waals surface area (Å²) >= 11 is 0. The predicted octanol–water partition coefficient (Wildman–Crippen LogP) is 2.16. The normalized spacial score (nSPS) is 31.4. The fourth-order valence-corrected chi connectivity index (χ4v) is 3.55. The predicted molar refractivity (Wildman–Crippen MR) is 82.2 cm³/mol. The van der Waals surface area contributed by atoms with Crippen LogP contribution in [0.3, 0.4) is 0 Å². The molecular weight excluding hydrogens is 268 g/mol. The van der Waals surface area contributed by atoms with Gasteiger partial charge in [-0.2, -0.15) is 0 Å². The van der Waals surface area contributed by atoms with Crippen molar-refractivity contribution in [1.82, 2.24) is 10.6 Å². The number of nitrogens with one attached hydrogen (secondary N) is 2. The van der Waals surface area contributed by atoms with Gasteiger partial charge < -0.3 is 20.1 Å². The van der Waals surface area contributed by atoms with E-state index in [-0.39, 0.29) is 23.5 Å². The van der Waals surface area contributed by atoms with Crippen LogP contribution in [0.25, 0.3) is 0 Å². The molecule has 1 saturated carbocycles. The van der Waals surface area contributed by atoms with E-state index in [1.54, 1.807) is 0 Å². The molecule has 2 amide bonds. The summed E-state index contributed by atoms with van der Waals surface area (Å²) < 4.78 is 11.3. The molecule has 21 heavy (non-hydrogen) atoms. The van der Waals surface area contributed by atoms with Crippen LogP contribution in [0, 0.1) is 17.3 Å². The second-order valence-corrected chi connectivity index (χ2v) is 7.49. The molecule has 1 heterocycles. The zero-order chi connectivity index (χ0) is 15.6.